The van der Waals surface area contributed by atoms with Gasteiger partial charge in [-0.3, -0.25) is 5.26 Å². The summed E-state index contributed by atoms with van der Waals surface area (Å²) in [6.45, 7) is 7.57. The molecule has 3 heteroatoms. The van der Waals surface area contributed by atoms with E-state index in [1.165, 1.54) is 0 Å². The highest BCUT2D eigenvalue weighted by Crippen LogP contribution is 2.37. The summed E-state index contributed by atoms with van der Waals surface area (Å²) < 4.78 is 6.22. The van der Waals surface area contributed by atoms with Crippen LogP contribution in [0, 0.1) is 0 Å². The summed E-state index contributed by atoms with van der Waals surface area (Å²) in [6, 6.07) is 31.3. The van der Waals surface area contributed by atoms with E-state index in [0.29, 0.717) is 5.75 Å². The maximum atomic E-state index is 9.72. The highest BCUT2D eigenvalue weighted by molar-refractivity contribution is 5.72. The standard InChI is InChI=1S/C29H24O3/c1-3-21-10-14-24(15-11-21)29(32-30)25-16-19-28(27(20-25)23-8-6-5-7-9-23)31-26-17-12-22(4-2)13-18-26/h3-20,29-30H,1-2H2. The molecule has 0 aliphatic heterocycles. The second kappa shape index (κ2) is 9.92. The number of hydrogen-bond acceptors (Lipinski definition) is 3. The fourth-order valence-corrected chi connectivity index (χ4v) is 3.56. The van der Waals surface area contributed by atoms with Gasteiger partial charge in [0, 0.05) is 5.56 Å². The predicted octanol–water partition coefficient (Wildman–Crippen LogP) is 8.01. The Bertz CT molecular complexity index is 1190. The third kappa shape index (κ3) is 4.70. The first-order valence-electron chi connectivity index (χ1n) is 10.3. The van der Waals surface area contributed by atoms with Gasteiger partial charge in [-0.25, -0.2) is 4.89 Å². The Balaban J connectivity index is 1.74. The van der Waals surface area contributed by atoms with Crippen molar-refractivity contribution >= 4 is 12.2 Å². The van der Waals surface area contributed by atoms with Gasteiger partial charge in [0.05, 0.1) is 0 Å². The van der Waals surface area contributed by atoms with E-state index in [4.69, 9.17) is 9.62 Å². The quantitative estimate of drug-likeness (QED) is 0.232. The first-order chi connectivity index (χ1) is 15.7. The van der Waals surface area contributed by atoms with Crippen LogP contribution in [0.25, 0.3) is 23.3 Å². The van der Waals surface area contributed by atoms with Crippen LogP contribution in [-0.4, -0.2) is 5.26 Å². The van der Waals surface area contributed by atoms with E-state index >= 15 is 0 Å². The molecule has 3 nitrogen and oxygen atoms in total. The van der Waals surface area contributed by atoms with Crippen LogP contribution in [0.3, 0.4) is 0 Å². The van der Waals surface area contributed by atoms with Gasteiger partial charge >= 0.3 is 0 Å². The molecule has 0 aromatic heterocycles. The van der Waals surface area contributed by atoms with Gasteiger partial charge in [-0.1, -0.05) is 98.1 Å². The van der Waals surface area contributed by atoms with Gasteiger partial charge in [0.1, 0.15) is 17.6 Å². The Morgan fingerprint density at radius 3 is 1.88 bits per heavy atom. The molecule has 4 rings (SSSR count). The molecule has 0 bridgehead atoms. The molecule has 0 amide bonds. The lowest BCUT2D eigenvalue weighted by molar-refractivity contribution is -0.270. The van der Waals surface area contributed by atoms with E-state index in [-0.39, 0.29) is 0 Å². The fraction of sp³-hybridized carbons (Fsp3) is 0.0345. The van der Waals surface area contributed by atoms with Crippen molar-refractivity contribution in [1.29, 1.82) is 0 Å². The minimum absolute atomic E-state index is 0.628. The van der Waals surface area contributed by atoms with Crippen LogP contribution in [0.1, 0.15) is 28.4 Å². The molecule has 0 fully saturated rings. The topological polar surface area (TPSA) is 38.7 Å². The van der Waals surface area contributed by atoms with Gasteiger partial charge in [0.15, 0.2) is 0 Å². The lowest BCUT2D eigenvalue weighted by Gasteiger charge is -2.18. The average Bonchev–Trinajstić information content (AvgIpc) is 2.86. The molecule has 0 spiro atoms. The minimum Gasteiger partial charge on any atom is -0.457 e. The second-order valence-corrected chi connectivity index (χ2v) is 7.35. The molecule has 158 valence electrons. The van der Waals surface area contributed by atoms with Gasteiger partial charge in [-0.15, -0.1) is 0 Å². The maximum absolute atomic E-state index is 9.72. The molecular weight excluding hydrogens is 396 g/mol. The molecule has 0 heterocycles. The van der Waals surface area contributed by atoms with E-state index < -0.39 is 6.10 Å². The van der Waals surface area contributed by atoms with Crippen molar-refractivity contribution in [2.45, 2.75) is 6.10 Å². The van der Waals surface area contributed by atoms with Crippen LogP contribution in [0.5, 0.6) is 11.5 Å². The van der Waals surface area contributed by atoms with E-state index in [9.17, 15) is 5.26 Å². The Morgan fingerprint density at radius 2 is 1.28 bits per heavy atom. The molecule has 32 heavy (non-hydrogen) atoms. The van der Waals surface area contributed by atoms with Crippen molar-refractivity contribution in [3.05, 3.63) is 132 Å². The van der Waals surface area contributed by atoms with Crippen molar-refractivity contribution in [2.75, 3.05) is 0 Å². The summed E-state index contributed by atoms with van der Waals surface area (Å²) in [6.07, 6.45) is 2.95. The molecule has 0 saturated heterocycles. The number of ether oxygens (including phenoxy) is 1. The SMILES string of the molecule is C=Cc1ccc(Oc2ccc(C(OO)c3ccc(C=C)cc3)cc2-c2ccccc2)cc1. The Kier molecular flexibility index (Phi) is 6.61. The minimum atomic E-state index is -0.628. The lowest BCUT2D eigenvalue weighted by Crippen LogP contribution is -2.04. The van der Waals surface area contributed by atoms with Gasteiger partial charge in [0.25, 0.3) is 0 Å². The molecule has 4 aromatic carbocycles. The fourth-order valence-electron chi connectivity index (χ4n) is 3.56. The molecule has 1 unspecified atom stereocenters. The second-order valence-electron chi connectivity index (χ2n) is 7.35. The first kappa shape index (κ1) is 21.3. The lowest BCUT2D eigenvalue weighted by atomic mass is 9.95. The van der Waals surface area contributed by atoms with E-state index in [0.717, 1.165) is 39.1 Å². The van der Waals surface area contributed by atoms with Crippen molar-refractivity contribution in [3.63, 3.8) is 0 Å². The smallest absolute Gasteiger partial charge is 0.143 e. The summed E-state index contributed by atoms with van der Waals surface area (Å²) in [5.41, 5.74) is 5.59. The molecule has 4 aromatic rings. The van der Waals surface area contributed by atoms with E-state index in [1.807, 2.05) is 97.1 Å². The van der Waals surface area contributed by atoms with Crippen molar-refractivity contribution in [2.24, 2.45) is 0 Å². The Morgan fingerprint density at radius 1 is 0.688 bits per heavy atom. The monoisotopic (exact) mass is 420 g/mol. The zero-order valence-electron chi connectivity index (χ0n) is 17.6. The molecule has 1 N–H and O–H groups in total. The van der Waals surface area contributed by atoms with Crippen LogP contribution >= 0.6 is 0 Å². The normalized spacial score (nSPS) is 11.5. The molecule has 0 aliphatic carbocycles. The number of hydrogen-bond donors (Lipinski definition) is 1. The van der Waals surface area contributed by atoms with Gasteiger partial charge in [-0.2, -0.15) is 0 Å². The average molecular weight is 421 g/mol. The van der Waals surface area contributed by atoms with Crippen LogP contribution in [0.4, 0.5) is 0 Å². The Labute approximate surface area is 188 Å². The van der Waals surface area contributed by atoms with Crippen molar-refractivity contribution < 1.29 is 14.9 Å². The maximum Gasteiger partial charge on any atom is 0.143 e. The summed E-state index contributed by atoms with van der Waals surface area (Å²) in [5.74, 6) is 1.44. The van der Waals surface area contributed by atoms with Crippen LogP contribution in [0.2, 0.25) is 0 Å². The zero-order chi connectivity index (χ0) is 22.3. The number of rotatable bonds is 8. The van der Waals surface area contributed by atoms with Crippen LogP contribution in [-0.2, 0) is 4.89 Å². The highest BCUT2D eigenvalue weighted by Gasteiger charge is 2.18. The van der Waals surface area contributed by atoms with Gasteiger partial charge in [-0.05, 0) is 52.1 Å². The molecule has 0 saturated carbocycles. The van der Waals surface area contributed by atoms with Crippen LogP contribution < -0.4 is 4.74 Å². The molecule has 1 atom stereocenters. The zero-order valence-corrected chi connectivity index (χ0v) is 17.6. The summed E-state index contributed by atoms with van der Waals surface area (Å²) in [7, 11) is 0. The molecule has 0 radical (unpaired) electrons. The van der Waals surface area contributed by atoms with Crippen LogP contribution in [0.15, 0.2) is 110 Å². The third-order valence-electron chi connectivity index (χ3n) is 5.32. The predicted molar refractivity (Wildman–Crippen MR) is 131 cm³/mol. The summed E-state index contributed by atoms with van der Waals surface area (Å²) in [4.78, 5) is 4.89. The summed E-state index contributed by atoms with van der Waals surface area (Å²) >= 11 is 0. The largest absolute Gasteiger partial charge is 0.457 e. The molecular formula is C29H24O3. The van der Waals surface area contributed by atoms with Gasteiger partial charge in [0.2, 0.25) is 0 Å². The highest BCUT2D eigenvalue weighted by atomic mass is 17.1. The third-order valence-corrected chi connectivity index (χ3v) is 5.32. The summed E-state index contributed by atoms with van der Waals surface area (Å²) in [5, 5.41) is 9.72. The first-order valence-corrected chi connectivity index (χ1v) is 10.3. The van der Waals surface area contributed by atoms with Gasteiger partial charge < -0.3 is 4.74 Å². The van der Waals surface area contributed by atoms with E-state index in [1.54, 1.807) is 12.2 Å². The van der Waals surface area contributed by atoms with Crippen molar-refractivity contribution in [3.8, 4) is 22.6 Å². The van der Waals surface area contributed by atoms with Crippen molar-refractivity contribution in [1.82, 2.24) is 0 Å². The molecule has 0 aliphatic rings. The Hall–Kier alpha value is -3.92. The number of benzene rings is 4. The van der Waals surface area contributed by atoms with E-state index in [2.05, 4.69) is 13.2 Å².